The number of halogens is 8. The summed E-state index contributed by atoms with van der Waals surface area (Å²) in [6, 6.07) is 14.1. The Balaban J connectivity index is 1.97. The number of aliphatic hydroxyl groups is 1. The summed E-state index contributed by atoms with van der Waals surface area (Å²) in [5, 5.41) is 9.68. The van der Waals surface area contributed by atoms with Gasteiger partial charge in [-0.05, 0) is 54.8 Å². The van der Waals surface area contributed by atoms with Gasteiger partial charge in [0.05, 0.1) is 6.54 Å². The summed E-state index contributed by atoms with van der Waals surface area (Å²) in [5.41, 5.74) is 1.04. The molecule has 11 heteroatoms. The maximum Gasteiger partial charge on any atom is 0.458 e. The van der Waals surface area contributed by atoms with Crippen molar-refractivity contribution < 1.29 is 45.0 Å². The van der Waals surface area contributed by atoms with E-state index in [-0.39, 0.29) is 18.0 Å². The highest BCUT2D eigenvalue weighted by Crippen LogP contribution is 2.45. The van der Waals surface area contributed by atoms with Crippen LogP contribution in [0, 0.1) is 13.8 Å². The molecular weight excluding hydrogens is 510 g/mol. The first-order chi connectivity index (χ1) is 17.1. The van der Waals surface area contributed by atoms with Crippen LogP contribution in [-0.2, 0) is 12.5 Å². The molecule has 3 aromatic rings. The molecule has 1 N–H and O–H groups in total. The highest BCUT2D eigenvalue weighted by molar-refractivity contribution is 5.65. The van der Waals surface area contributed by atoms with Crippen LogP contribution in [0.3, 0.4) is 0 Å². The van der Waals surface area contributed by atoms with E-state index >= 15 is 0 Å². The number of hydrogen-bond donors (Lipinski definition) is 1. The van der Waals surface area contributed by atoms with Crippen molar-refractivity contribution in [2.75, 3.05) is 11.4 Å². The average Bonchev–Trinajstić information content (AvgIpc) is 2.82. The minimum absolute atomic E-state index is 0.0200. The fourth-order valence-corrected chi connectivity index (χ4v) is 3.47. The first kappa shape index (κ1) is 28.2. The van der Waals surface area contributed by atoms with Crippen molar-refractivity contribution in [2.45, 2.75) is 44.8 Å². The summed E-state index contributed by atoms with van der Waals surface area (Å²) in [5.74, 6) is -5.03. The van der Waals surface area contributed by atoms with Crippen molar-refractivity contribution >= 4 is 11.4 Å². The molecule has 0 heterocycles. The largest absolute Gasteiger partial charge is 0.489 e. The molecule has 0 aliphatic heterocycles. The summed E-state index contributed by atoms with van der Waals surface area (Å²) in [7, 11) is 0. The molecular formula is C26H23F8NO2. The van der Waals surface area contributed by atoms with Gasteiger partial charge in [0.25, 0.3) is 0 Å². The third-order valence-corrected chi connectivity index (χ3v) is 5.72. The summed E-state index contributed by atoms with van der Waals surface area (Å²) in [6.07, 6.45) is -13.9. The third-order valence-electron chi connectivity index (χ3n) is 5.72. The van der Waals surface area contributed by atoms with Crippen LogP contribution < -0.4 is 9.64 Å². The SMILES string of the molecule is Cc1ccc(COc2cccc(N(CC(O)C(F)(F)F)c3cccc(C(F)(F)C(F)(F)F)c3)c2)cc1C. The molecule has 3 nitrogen and oxygen atoms in total. The molecule has 37 heavy (non-hydrogen) atoms. The molecule has 0 amide bonds. The molecule has 0 spiro atoms. The predicted molar refractivity (Wildman–Crippen MR) is 122 cm³/mol. The number of nitrogens with zero attached hydrogens (tertiary/aromatic N) is 1. The van der Waals surface area contributed by atoms with Gasteiger partial charge >= 0.3 is 18.3 Å². The Bertz CT molecular complexity index is 1220. The van der Waals surface area contributed by atoms with Gasteiger partial charge in [-0.25, -0.2) is 0 Å². The zero-order chi connectivity index (χ0) is 27.6. The van der Waals surface area contributed by atoms with Crippen molar-refractivity contribution in [3.05, 3.63) is 89.0 Å². The first-order valence-corrected chi connectivity index (χ1v) is 11.0. The van der Waals surface area contributed by atoms with Gasteiger partial charge in [0.1, 0.15) is 12.4 Å². The second-order valence-electron chi connectivity index (χ2n) is 8.50. The fraction of sp³-hybridized carbons (Fsp3) is 0.308. The predicted octanol–water partition coefficient (Wildman–Crippen LogP) is 7.60. The van der Waals surface area contributed by atoms with Gasteiger partial charge in [0.15, 0.2) is 6.10 Å². The van der Waals surface area contributed by atoms with Gasteiger partial charge in [-0.3, -0.25) is 0 Å². The molecule has 0 saturated carbocycles. The van der Waals surface area contributed by atoms with Gasteiger partial charge in [0.2, 0.25) is 0 Å². The zero-order valence-corrected chi connectivity index (χ0v) is 19.7. The highest BCUT2D eigenvalue weighted by atomic mass is 19.4. The molecule has 0 bridgehead atoms. The third kappa shape index (κ3) is 6.71. The quantitative estimate of drug-likeness (QED) is 0.303. The Morgan fingerprint density at radius 2 is 1.41 bits per heavy atom. The molecule has 0 saturated heterocycles. The second-order valence-corrected chi connectivity index (χ2v) is 8.50. The Hall–Kier alpha value is -3.34. The maximum atomic E-state index is 13.9. The van der Waals surface area contributed by atoms with Gasteiger partial charge in [-0.15, -0.1) is 0 Å². The molecule has 0 fully saturated rings. The van der Waals surface area contributed by atoms with E-state index in [0.29, 0.717) is 12.1 Å². The molecule has 3 aromatic carbocycles. The van der Waals surface area contributed by atoms with Crippen molar-refractivity contribution in [3.8, 4) is 5.75 Å². The summed E-state index contributed by atoms with van der Waals surface area (Å²) < 4.78 is 112. The van der Waals surface area contributed by atoms with Crippen LogP contribution in [0.15, 0.2) is 66.7 Å². The standard InChI is InChI=1S/C26H23F8NO2/c1-16-9-10-18(11-17(16)2)15-37-22-8-4-7-21(13-22)35(14-23(36)25(29,30)31)20-6-3-5-19(12-20)24(27,28)26(32,33)34/h3-13,23,36H,14-15H2,1-2H3. The van der Waals surface area contributed by atoms with Crippen molar-refractivity contribution in [2.24, 2.45) is 0 Å². The number of anilines is 2. The molecule has 1 atom stereocenters. The second kappa shape index (κ2) is 10.6. The maximum absolute atomic E-state index is 13.9. The lowest BCUT2D eigenvalue weighted by Gasteiger charge is -2.30. The molecule has 1 unspecified atom stereocenters. The number of aliphatic hydroxyl groups excluding tert-OH is 1. The smallest absolute Gasteiger partial charge is 0.458 e. The number of benzene rings is 3. The van der Waals surface area contributed by atoms with E-state index in [1.54, 1.807) is 0 Å². The molecule has 0 radical (unpaired) electrons. The van der Waals surface area contributed by atoms with Gasteiger partial charge < -0.3 is 14.7 Å². The Morgan fingerprint density at radius 3 is 2.00 bits per heavy atom. The lowest BCUT2D eigenvalue weighted by molar-refractivity contribution is -0.289. The van der Waals surface area contributed by atoms with Gasteiger partial charge in [0, 0.05) is 23.0 Å². The van der Waals surface area contributed by atoms with Crippen LogP contribution in [0.4, 0.5) is 46.5 Å². The summed E-state index contributed by atoms with van der Waals surface area (Å²) in [4.78, 5) is 0.803. The molecule has 0 aliphatic rings. The first-order valence-electron chi connectivity index (χ1n) is 11.0. The number of hydrogen-bond acceptors (Lipinski definition) is 3. The van der Waals surface area contributed by atoms with Crippen LogP contribution in [-0.4, -0.2) is 30.1 Å². The number of aryl methyl sites for hydroxylation is 2. The van der Waals surface area contributed by atoms with E-state index in [4.69, 9.17) is 4.74 Å². The number of ether oxygens (including phenoxy) is 1. The van der Waals surface area contributed by atoms with Crippen molar-refractivity contribution in [3.63, 3.8) is 0 Å². The van der Waals surface area contributed by atoms with Gasteiger partial charge in [-0.1, -0.05) is 36.4 Å². The molecule has 0 aromatic heterocycles. The lowest BCUT2D eigenvalue weighted by atomic mass is 10.1. The van der Waals surface area contributed by atoms with Crippen molar-refractivity contribution in [1.82, 2.24) is 0 Å². The van der Waals surface area contributed by atoms with E-state index in [9.17, 15) is 40.2 Å². The fourth-order valence-electron chi connectivity index (χ4n) is 3.47. The van der Waals surface area contributed by atoms with Crippen LogP contribution in [0.25, 0.3) is 0 Å². The van der Waals surface area contributed by atoms with Crippen molar-refractivity contribution in [1.29, 1.82) is 0 Å². The molecule has 0 aliphatic carbocycles. The average molecular weight is 533 g/mol. The lowest BCUT2D eigenvalue weighted by Crippen LogP contribution is -2.39. The van der Waals surface area contributed by atoms with E-state index in [1.807, 2.05) is 32.0 Å². The van der Waals surface area contributed by atoms with Crippen LogP contribution >= 0.6 is 0 Å². The normalized spacial score (nSPS) is 13.4. The van der Waals surface area contributed by atoms with Crippen LogP contribution in [0.5, 0.6) is 5.75 Å². The van der Waals surface area contributed by atoms with E-state index in [2.05, 4.69) is 0 Å². The summed E-state index contributed by atoms with van der Waals surface area (Å²) >= 11 is 0. The molecule has 3 rings (SSSR count). The van der Waals surface area contributed by atoms with E-state index < -0.39 is 42.2 Å². The van der Waals surface area contributed by atoms with Gasteiger partial charge in [-0.2, -0.15) is 35.1 Å². The minimum atomic E-state index is -5.91. The number of rotatable bonds is 8. The molecule has 200 valence electrons. The van der Waals surface area contributed by atoms with Crippen LogP contribution in [0.2, 0.25) is 0 Å². The van der Waals surface area contributed by atoms with E-state index in [1.165, 1.54) is 24.3 Å². The minimum Gasteiger partial charge on any atom is -0.489 e. The Labute approximate surface area is 207 Å². The number of alkyl halides is 8. The van der Waals surface area contributed by atoms with E-state index in [0.717, 1.165) is 33.7 Å². The Kier molecular flexibility index (Phi) is 8.06. The van der Waals surface area contributed by atoms with Crippen LogP contribution in [0.1, 0.15) is 22.3 Å². The zero-order valence-electron chi connectivity index (χ0n) is 19.7. The summed E-state index contributed by atoms with van der Waals surface area (Å²) in [6.45, 7) is 2.81. The topological polar surface area (TPSA) is 32.7 Å². The highest BCUT2D eigenvalue weighted by Gasteiger charge is 2.58. The Morgan fingerprint density at radius 1 is 0.784 bits per heavy atom. The monoisotopic (exact) mass is 533 g/mol.